The van der Waals surface area contributed by atoms with E-state index < -0.39 is 11.7 Å². The minimum Gasteiger partial charge on any atom is -0.366 e. The summed E-state index contributed by atoms with van der Waals surface area (Å²) in [7, 11) is 0. The second kappa shape index (κ2) is 9.14. The van der Waals surface area contributed by atoms with E-state index in [1.165, 1.54) is 17.0 Å². The van der Waals surface area contributed by atoms with Crippen LogP contribution in [-0.4, -0.2) is 34.8 Å². The number of nitrogens with zero attached hydrogens (tertiary/aromatic N) is 3. The number of pyridine rings is 1. The molecule has 4 rings (SSSR count). The Morgan fingerprint density at radius 2 is 1.69 bits per heavy atom. The Bertz CT molecular complexity index is 1170. The van der Waals surface area contributed by atoms with Crippen molar-refractivity contribution in [1.82, 2.24) is 9.88 Å². The molecule has 2 amide bonds. The van der Waals surface area contributed by atoms with Crippen molar-refractivity contribution in [2.24, 2.45) is 0 Å². The molecule has 32 heavy (non-hydrogen) atoms. The standard InChI is InChI=1S/C26H24FN3O2/c1-3-29(16-13-19-11-14-28-15-12-19)24-23(20-7-9-21(27)10-8-20)25(31)30(26(24)32)22-6-4-5-18(2)17-22/h4-12,14-15,17H,3,13,16H2,1-2H3. The number of rotatable bonds is 7. The second-order valence-corrected chi connectivity index (χ2v) is 7.70. The lowest BCUT2D eigenvalue weighted by Gasteiger charge is -2.25. The van der Waals surface area contributed by atoms with E-state index in [1.54, 1.807) is 30.6 Å². The predicted molar refractivity (Wildman–Crippen MR) is 122 cm³/mol. The number of carbonyl (C=O) groups is 2. The third-order valence-electron chi connectivity index (χ3n) is 5.57. The Labute approximate surface area is 186 Å². The first-order chi connectivity index (χ1) is 15.5. The molecule has 0 atom stereocenters. The molecule has 0 radical (unpaired) electrons. The van der Waals surface area contributed by atoms with Crippen LogP contribution in [0.4, 0.5) is 10.1 Å². The number of benzene rings is 2. The molecule has 162 valence electrons. The van der Waals surface area contributed by atoms with Crippen molar-refractivity contribution in [3.8, 4) is 0 Å². The smallest absolute Gasteiger partial charge is 0.282 e. The first-order valence-corrected chi connectivity index (χ1v) is 10.6. The molecule has 0 N–H and O–H groups in total. The fourth-order valence-corrected chi connectivity index (χ4v) is 3.93. The molecule has 3 aromatic rings. The number of hydrogen-bond donors (Lipinski definition) is 0. The number of carbonyl (C=O) groups excluding carboxylic acids is 2. The molecular weight excluding hydrogens is 405 g/mol. The summed E-state index contributed by atoms with van der Waals surface area (Å²) in [6.45, 7) is 4.97. The quantitative estimate of drug-likeness (QED) is 0.523. The molecule has 1 aliphatic heterocycles. The highest BCUT2D eigenvalue weighted by atomic mass is 19.1. The van der Waals surface area contributed by atoms with Crippen LogP contribution in [0.5, 0.6) is 0 Å². The predicted octanol–water partition coefficient (Wildman–Crippen LogP) is 4.38. The zero-order chi connectivity index (χ0) is 22.7. The van der Waals surface area contributed by atoms with Crippen molar-refractivity contribution in [3.05, 3.63) is 101 Å². The van der Waals surface area contributed by atoms with Gasteiger partial charge in [0.25, 0.3) is 11.8 Å². The number of hydrogen-bond acceptors (Lipinski definition) is 4. The highest BCUT2D eigenvalue weighted by Crippen LogP contribution is 2.35. The molecular formula is C26H24FN3O2. The van der Waals surface area contributed by atoms with E-state index in [0.717, 1.165) is 11.1 Å². The molecule has 2 aromatic carbocycles. The fourth-order valence-electron chi connectivity index (χ4n) is 3.93. The molecule has 0 unspecified atom stereocenters. The molecule has 0 fully saturated rings. The van der Waals surface area contributed by atoms with Crippen LogP contribution in [0.2, 0.25) is 0 Å². The maximum absolute atomic E-state index is 13.6. The fraction of sp³-hybridized carbons (Fsp3) is 0.192. The monoisotopic (exact) mass is 429 g/mol. The molecule has 6 heteroatoms. The third-order valence-corrected chi connectivity index (χ3v) is 5.57. The van der Waals surface area contributed by atoms with Crippen LogP contribution in [0, 0.1) is 12.7 Å². The molecule has 0 aliphatic carbocycles. The summed E-state index contributed by atoms with van der Waals surface area (Å²) >= 11 is 0. The van der Waals surface area contributed by atoms with Crippen LogP contribution in [0.1, 0.15) is 23.6 Å². The summed E-state index contributed by atoms with van der Waals surface area (Å²) in [5.74, 6) is -1.16. The third kappa shape index (κ3) is 4.17. The highest BCUT2D eigenvalue weighted by Gasteiger charge is 2.42. The molecule has 1 aliphatic rings. The van der Waals surface area contributed by atoms with Crippen molar-refractivity contribution in [2.75, 3.05) is 18.0 Å². The molecule has 0 bridgehead atoms. The van der Waals surface area contributed by atoms with Crippen LogP contribution in [-0.2, 0) is 16.0 Å². The maximum Gasteiger partial charge on any atom is 0.282 e. The van der Waals surface area contributed by atoms with Gasteiger partial charge in [0.15, 0.2) is 0 Å². The Balaban J connectivity index is 1.76. The zero-order valence-electron chi connectivity index (χ0n) is 18.1. The highest BCUT2D eigenvalue weighted by molar-refractivity contribution is 6.45. The van der Waals surface area contributed by atoms with Gasteiger partial charge in [-0.1, -0.05) is 24.3 Å². The number of imide groups is 1. The Hall–Kier alpha value is -3.80. The first-order valence-electron chi connectivity index (χ1n) is 10.6. The lowest BCUT2D eigenvalue weighted by atomic mass is 10.0. The number of aryl methyl sites for hydroxylation is 1. The van der Waals surface area contributed by atoms with Gasteiger partial charge in [-0.15, -0.1) is 0 Å². The van der Waals surface area contributed by atoms with Gasteiger partial charge in [0.05, 0.1) is 11.3 Å². The van der Waals surface area contributed by atoms with E-state index in [2.05, 4.69) is 4.98 Å². The minimum atomic E-state index is -0.399. The van der Waals surface area contributed by atoms with Crippen molar-refractivity contribution in [1.29, 1.82) is 0 Å². The van der Waals surface area contributed by atoms with Crippen LogP contribution >= 0.6 is 0 Å². The summed E-state index contributed by atoms with van der Waals surface area (Å²) in [6.07, 6.45) is 4.17. The van der Waals surface area contributed by atoms with E-state index in [4.69, 9.17) is 0 Å². The summed E-state index contributed by atoms with van der Waals surface area (Å²) in [5.41, 5.74) is 3.74. The average Bonchev–Trinajstić information content (AvgIpc) is 3.06. The lowest BCUT2D eigenvalue weighted by Crippen LogP contribution is -2.36. The number of halogens is 1. The van der Waals surface area contributed by atoms with E-state index in [-0.39, 0.29) is 5.91 Å². The maximum atomic E-state index is 13.6. The van der Waals surface area contributed by atoms with Gasteiger partial charge in [-0.2, -0.15) is 0 Å². The van der Waals surface area contributed by atoms with Gasteiger partial charge >= 0.3 is 0 Å². The van der Waals surface area contributed by atoms with Gasteiger partial charge in [-0.3, -0.25) is 14.6 Å². The van der Waals surface area contributed by atoms with Crippen LogP contribution < -0.4 is 4.90 Å². The normalized spacial score (nSPS) is 13.8. The van der Waals surface area contributed by atoms with Crippen molar-refractivity contribution in [3.63, 3.8) is 0 Å². The first kappa shape index (κ1) is 21.4. The van der Waals surface area contributed by atoms with Gasteiger partial charge in [0.2, 0.25) is 0 Å². The van der Waals surface area contributed by atoms with Gasteiger partial charge in [-0.05, 0) is 73.4 Å². The number of likely N-dealkylation sites (N-methyl/N-ethyl adjacent to an activating group) is 1. The van der Waals surface area contributed by atoms with Gasteiger partial charge < -0.3 is 4.90 Å². The lowest BCUT2D eigenvalue weighted by molar-refractivity contribution is -0.120. The zero-order valence-corrected chi connectivity index (χ0v) is 18.1. The molecule has 0 spiro atoms. The van der Waals surface area contributed by atoms with Crippen molar-refractivity contribution < 1.29 is 14.0 Å². The van der Waals surface area contributed by atoms with Crippen molar-refractivity contribution in [2.45, 2.75) is 20.3 Å². The average molecular weight is 429 g/mol. The topological polar surface area (TPSA) is 53.5 Å². The SMILES string of the molecule is CCN(CCc1ccncc1)C1=C(c2ccc(F)cc2)C(=O)N(c2cccc(C)c2)C1=O. The van der Waals surface area contributed by atoms with E-state index in [0.29, 0.717) is 42.0 Å². The molecule has 2 heterocycles. The summed E-state index contributed by atoms with van der Waals surface area (Å²) in [6, 6.07) is 16.9. The summed E-state index contributed by atoms with van der Waals surface area (Å²) < 4.78 is 13.6. The number of anilines is 1. The Kier molecular flexibility index (Phi) is 6.12. The minimum absolute atomic E-state index is 0.299. The second-order valence-electron chi connectivity index (χ2n) is 7.70. The Morgan fingerprint density at radius 3 is 2.34 bits per heavy atom. The van der Waals surface area contributed by atoms with Gasteiger partial charge in [0.1, 0.15) is 11.5 Å². The van der Waals surface area contributed by atoms with Crippen molar-refractivity contribution >= 4 is 23.1 Å². The van der Waals surface area contributed by atoms with Crippen LogP contribution in [0.25, 0.3) is 5.57 Å². The van der Waals surface area contributed by atoms with E-state index in [9.17, 15) is 14.0 Å². The number of aromatic nitrogens is 1. The van der Waals surface area contributed by atoms with Gasteiger partial charge in [-0.25, -0.2) is 9.29 Å². The van der Waals surface area contributed by atoms with E-state index >= 15 is 0 Å². The largest absolute Gasteiger partial charge is 0.366 e. The Morgan fingerprint density at radius 1 is 0.969 bits per heavy atom. The molecule has 0 saturated carbocycles. The summed E-state index contributed by atoms with van der Waals surface area (Å²) in [4.78, 5) is 34.3. The van der Waals surface area contributed by atoms with E-state index in [1.807, 2.05) is 49.1 Å². The summed E-state index contributed by atoms with van der Waals surface area (Å²) in [5, 5.41) is 0. The number of amides is 2. The van der Waals surface area contributed by atoms with Crippen LogP contribution in [0.15, 0.2) is 78.8 Å². The van der Waals surface area contributed by atoms with Gasteiger partial charge in [0, 0.05) is 25.5 Å². The molecule has 0 saturated heterocycles. The van der Waals surface area contributed by atoms with Crippen LogP contribution in [0.3, 0.4) is 0 Å². The molecule has 1 aromatic heterocycles. The molecule has 5 nitrogen and oxygen atoms in total.